The van der Waals surface area contributed by atoms with Gasteiger partial charge in [-0.1, -0.05) is 6.92 Å². The van der Waals surface area contributed by atoms with Crippen molar-refractivity contribution in [1.82, 2.24) is 4.98 Å². The first-order chi connectivity index (χ1) is 14.8. The SMILES string of the molecule is COCCOCOc1cncc(CC(C)CCOc2ccc(C#N)c(C(F)(F)F)c2)c1. The molecule has 1 heterocycles. The van der Waals surface area contributed by atoms with E-state index in [2.05, 4.69) is 4.98 Å². The minimum Gasteiger partial charge on any atom is -0.494 e. The Kier molecular flexibility index (Phi) is 9.56. The van der Waals surface area contributed by atoms with Gasteiger partial charge < -0.3 is 18.9 Å². The number of pyridine rings is 1. The second-order valence-electron chi connectivity index (χ2n) is 6.96. The highest BCUT2D eigenvalue weighted by Gasteiger charge is 2.34. The van der Waals surface area contributed by atoms with E-state index in [0.29, 0.717) is 31.8 Å². The fraction of sp³-hybridized carbons (Fsp3) is 0.455. The van der Waals surface area contributed by atoms with Crippen LogP contribution in [-0.2, 0) is 22.1 Å². The van der Waals surface area contributed by atoms with Gasteiger partial charge in [0.15, 0.2) is 6.79 Å². The van der Waals surface area contributed by atoms with E-state index in [0.717, 1.165) is 17.7 Å². The summed E-state index contributed by atoms with van der Waals surface area (Å²) in [5.41, 5.74) is -0.443. The standard InChI is InChI=1S/C22H25F3N2O4/c1-16(9-17-10-20(14-27-13-17)31-15-29-8-7-28-2)5-6-30-19-4-3-18(12-26)21(11-19)22(23,24)25/h3-4,10-11,13-14,16H,5-9,15H2,1-2H3. The lowest BCUT2D eigenvalue weighted by Gasteiger charge is -2.15. The molecular formula is C22H25F3N2O4. The largest absolute Gasteiger partial charge is 0.494 e. The minimum absolute atomic E-state index is 0.0871. The monoisotopic (exact) mass is 438 g/mol. The number of rotatable bonds is 12. The zero-order valence-corrected chi connectivity index (χ0v) is 17.4. The molecule has 6 nitrogen and oxygen atoms in total. The van der Waals surface area contributed by atoms with Crippen molar-refractivity contribution in [2.45, 2.75) is 25.9 Å². The third kappa shape index (κ3) is 8.44. The van der Waals surface area contributed by atoms with E-state index in [1.807, 2.05) is 13.0 Å². The molecule has 1 unspecified atom stereocenters. The Bertz CT molecular complexity index is 869. The molecule has 0 bridgehead atoms. The van der Waals surface area contributed by atoms with Crippen LogP contribution in [0.2, 0.25) is 0 Å². The van der Waals surface area contributed by atoms with Gasteiger partial charge in [-0.2, -0.15) is 18.4 Å². The van der Waals surface area contributed by atoms with Crippen LogP contribution in [0.15, 0.2) is 36.7 Å². The van der Waals surface area contributed by atoms with Crippen molar-refractivity contribution in [1.29, 1.82) is 5.26 Å². The van der Waals surface area contributed by atoms with Crippen molar-refractivity contribution in [3.05, 3.63) is 53.3 Å². The van der Waals surface area contributed by atoms with Crippen LogP contribution in [0.4, 0.5) is 13.2 Å². The summed E-state index contributed by atoms with van der Waals surface area (Å²) in [4.78, 5) is 4.16. The van der Waals surface area contributed by atoms with Gasteiger partial charge in [0.25, 0.3) is 0 Å². The number of benzene rings is 1. The predicted molar refractivity (Wildman–Crippen MR) is 107 cm³/mol. The maximum Gasteiger partial charge on any atom is 0.417 e. The van der Waals surface area contributed by atoms with Crippen LogP contribution in [0, 0.1) is 17.2 Å². The number of ether oxygens (including phenoxy) is 4. The molecule has 0 N–H and O–H groups in total. The van der Waals surface area contributed by atoms with Crippen LogP contribution < -0.4 is 9.47 Å². The Hall–Kier alpha value is -2.83. The molecule has 0 saturated heterocycles. The molecule has 0 aliphatic rings. The summed E-state index contributed by atoms with van der Waals surface area (Å²) in [6.07, 6.45) is 0.0742. The third-order valence-electron chi connectivity index (χ3n) is 4.39. The maximum absolute atomic E-state index is 13.0. The van der Waals surface area contributed by atoms with Gasteiger partial charge in [-0.15, -0.1) is 0 Å². The van der Waals surface area contributed by atoms with Crippen molar-refractivity contribution >= 4 is 0 Å². The highest BCUT2D eigenvalue weighted by Crippen LogP contribution is 2.34. The van der Waals surface area contributed by atoms with Gasteiger partial charge in [-0.25, -0.2) is 0 Å². The van der Waals surface area contributed by atoms with Gasteiger partial charge in [0.05, 0.1) is 43.2 Å². The van der Waals surface area contributed by atoms with Crippen LogP contribution in [0.25, 0.3) is 0 Å². The van der Waals surface area contributed by atoms with Gasteiger partial charge in [0.1, 0.15) is 11.5 Å². The lowest BCUT2D eigenvalue weighted by molar-refractivity contribution is -0.137. The predicted octanol–water partition coefficient (Wildman–Crippen LogP) is 4.62. The van der Waals surface area contributed by atoms with E-state index < -0.39 is 17.3 Å². The van der Waals surface area contributed by atoms with Gasteiger partial charge in [0, 0.05) is 13.3 Å². The van der Waals surface area contributed by atoms with Crippen LogP contribution in [0.5, 0.6) is 11.5 Å². The van der Waals surface area contributed by atoms with Crippen molar-refractivity contribution in [2.75, 3.05) is 33.7 Å². The number of hydrogen-bond acceptors (Lipinski definition) is 6. The van der Waals surface area contributed by atoms with Crippen molar-refractivity contribution in [2.24, 2.45) is 5.92 Å². The Morgan fingerprint density at radius 3 is 2.58 bits per heavy atom. The molecule has 31 heavy (non-hydrogen) atoms. The molecule has 0 saturated carbocycles. The average Bonchev–Trinajstić information content (AvgIpc) is 2.73. The highest BCUT2D eigenvalue weighted by atomic mass is 19.4. The minimum atomic E-state index is -4.60. The third-order valence-corrected chi connectivity index (χ3v) is 4.39. The van der Waals surface area contributed by atoms with E-state index in [1.54, 1.807) is 25.6 Å². The molecule has 0 fully saturated rings. The first-order valence-electron chi connectivity index (χ1n) is 9.71. The number of nitriles is 1. The topological polar surface area (TPSA) is 73.6 Å². The first-order valence-corrected chi connectivity index (χ1v) is 9.71. The fourth-order valence-corrected chi connectivity index (χ4v) is 2.79. The number of alkyl halides is 3. The highest BCUT2D eigenvalue weighted by molar-refractivity contribution is 5.44. The van der Waals surface area contributed by atoms with Gasteiger partial charge in [0.2, 0.25) is 0 Å². The van der Waals surface area contributed by atoms with Crippen LogP contribution >= 0.6 is 0 Å². The number of methoxy groups -OCH3 is 1. The summed E-state index contributed by atoms with van der Waals surface area (Å²) in [6.45, 7) is 3.29. The molecule has 2 rings (SSSR count). The summed E-state index contributed by atoms with van der Waals surface area (Å²) in [5.74, 6) is 0.884. The van der Waals surface area contributed by atoms with E-state index in [4.69, 9.17) is 24.2 Å². The smallest absolute Gasteiger partial charge is 0.417 e. The van der Waals surface area contributed by atoms with Gasteiger partial charge >= 0.3 is 6.18 Å². The Balaban J connectivity index is 1.81. The summed E-state index contributed by atoms with van der Waals surface area (Å²) in [6, 6.07) is 6.79. The van der Waals surface area contributed by atoms with Crippen LogP contribution in [-0.4, -0.2) is 38.7 Å². The molecule has 9 heteroatoms. The first kappa shape index (κ1) is 24.4. The molecule has 2 aromatic rings. The molecule has 1 atom stereocenters. The average molecular weight is 438 g/mol. The molecular weight excluding hydrogens is 413 g/mol. The molecule has 1 aromatic heterocycles. The lowest BCUT2D eigenvalue weighted by atomic mass is 9.99. The Morgan fingerprint density at radius 2 is 1.87 bits per heavy atom. The van der Waals surface area contributed by atoms with Crippen molar-refractivity contribution < 1.29 is 32.1 Å². The van der Waals surface area contributed by atoms with Gasteiger partial charge in [-0.05, 0) is 48.6 Å². The Morgan fingerprint density at radius 1 is 1.06 bits per heavy atom. The van der Waals surface area contributed by atoms with E-state index >= 15 is 0 Å². The molecule has 0 amide bonds. The summed E-state index contributed by atoms with van der Waals surface area (Å²) in [7, 11) is 1.59. The van der Waals surface area contributed by atoms with Crippen molar-refractivity contribution in [3.63, 3.8) is 0 Å². The number of nitrogens with zero attached hydrogens (tertiary/aromatic N) is 2. The molecule has 0 aliphatic heterocycles. The number of aromatic nitrogens is 1. The summed E-state index contributed by atoms with van der Waals surface area (Å²) in [5, 5.41) is 8.85. The zero-order valence-electron chi connectivity index (χ0n) is 17.4. The second kappa shape index (κ2) is 12.1. The quantitative estimate of drug-likeness (QED) is 0.356. The van der Waals surface area contributed by atoms with E-state index in [9.17, 15) is 13.2 Å². The van der Waals surface area contributed by atoms with E-state index in [-0.39, 0.29) is 25.1 Å². The molecule has 1 aromatic carbocycles. The maximum atomic E-state index is 13.0. The van der Waals surface area contributed by atoms with Crippen molar-refractivity contribution in [3.8, 4) is 17.6 Å². The molecule has 0 aliphatic carbocycles. The van der Waals surface area contributed by atoms with Gasteiger partial charge in [-0.3, -0.25) is 4.98 Å². The number of hydrogen-bond donors (Lipinski definition) is 0. The summed E-state index contributed by atoms with van der Waals surface area (Å²) >= 11 is 0. The van der Waals surface area contributed by atoms with E-state index in [1.165, 1.54) is 6.07 Å². The number of halogens is 3. The normalized spacial score (nSPS) is 12.3. The lowest BCUT2D eigenvalue weighted by Crippen LogP contribution is -2.10. The van der Waals surface area contributed by atoms with Crippen LogP contribution in [0.3, 0.4) is 0 Å². The fourth-order valence-electron chi connectivity index (χ4n) is 2.79. The van der Waals surface area contributed by atoms with Crippen LogP contribution in [0.1, 0.15) is 30.0 Å². The molecule has 0 radical (unpaired) electrons. The molecule has 0 spiro atoms. The zero-order chi connectivity index (χ0) is 22.7. The Labute approximate surface area is 179 Å². The molecule has 168 valence electrons. The summed E-state index contributed by atoms with van der Waals surface area (Å²) < 4.78 is 60.2. The second-order valence-corrected chi connectivity index (χ2v) is 6.96.